The lowest BCUT2D eigenvalue weighted by Crippen LogP contribution is -2.55. The summed E-state index contributed by atoms with van der Waals surface area (Å²) in [6.45, 7) is 0.843. The molecule has 0 aliphatic carbocycles. The number of hydrogen-bond acceptors (Lipinski definition) is 4. The van der Waals surface area contributed by atoms with Gasteiger partial charge < -0.3 is 24.4 Å². The Bertz CT molecular complexity index is 659. The monoisotopic (exact) mass is 360 g/mol. The molecule has 1 aromatic carbocycles. The molecule has 0 bridgehead atoms. The molecule has 3 rings (SSSR count). The van der Waals surface area contributed by atoms with Gasteiger partial charge in [-0.15, -0.1) is 0 Å². The highest BCUT2D eigenvalue weighted by Gasteiger charge is 2.38. The van der Waals surface area contributed by atoms with Crippen molar-refractivity contribution in [1.29, 1.82) is 0 Å². The van der Waals surface area contributed by atoms with Gasteiger partial charge in [0.15, 0.2) is 5.75 Å². The first-order valence-corrected chi connectivity index (χ1v) is 7.92. The highest BCUT2D eigenvalue weighted by molar-refractivity contribution is 5.68. The summed E-state index contributed by atoms with van der Waals surface area (Å²) >= 11 is 0. The maximum absolute atomic E-state index is 13.9. The van der Waals surface area contributed by atoms with Crippen LogP contribution in [-0.2, 0) is 4.74 Å². The molecule has 2 atom stereocenters. The van der Waals surface area contributed by atoms with Gasteiger partial charge in [-0.1, -0.05) is 0 Å². The zero-order valence-electron chi connectivity index (χ0n) is 13.6. The van der Waals surface area contributed by atoms with E-state index < -0.39 is 30.0 Å². The van der Waals surface area contributed by atoms with Crippen molar-refractivity contribution in [3.63, 3.8) is 0 Å². The van der Waals surface area contributed by atoms with E-state index in [0.29, 0.717) is 6.42 Å². The molecule has 0 radical (unpaired) electrons. The molecule has 0 aromatic heterocycles. The van der Waals surface area contributed by atoms with Crippen LogP contribution in [0.25, 0.3) is 0 Å². The summed E-state index contributed by atoms with van der Waals surface area (Å²) in [5.74, 6) is -0.827. The van der Waals surface area contributed by atoms with Crippen LogP contribution in [0.4, 0.5) is 23.7 Å². The van der Waals surface area contributed by atoms with Crippen LogP contribution in [0.5, 0.6) is 5.75 Å². The number of ether oxygens (including phenoxy) is 2. The molecule has 1 saturated heterocycles. The minimum absolute atomic E-state index is 0.0512. The van der Waals surface area contributed by atoms with E-state index in [1.807, 2.05) is 0 Å². The van der Waals surface area contributed by atoms with Gasteiger partial charge in [0.05, 0.1) is 23.9 Å². The number of rotatable bonds is 3. The van der Waals surface area contributed by atoms with E-state index >= 15 is 0 Å². The number of carbonyl (C=O) groups is 1. The van der Waals surface area contributed by atoms with E-state index in [2.05, 4.69) is 0 Å². The van der Waals surface area contributed by atoms with Crippen LogP contribution in [0, 0.1) is 5.82 Å². The number of nitrogens with zero attached hydrogens (tertiary/aromatic N) is 2. The smallest absolute Gasteiger partial charge is 0.407 e. The number of alkyl halides is 2. The fraction of sp³-hybridized carbons (Fsp3) is 0.562. The van der Waals surface area contributed by atoms with Crippen molar-refractivity contribution >= 4 is 11.8 Å². The van der Waals surface area contributed by atoms with Gasteiger partial charge >= 0.3 is 6.09 Å². The molecule has 2 aliphatic rings. The molecule has 25 heavy (non-hydrogen) atoms. The maximum atomic E-state index is 13.9. The molecule has 2 heterocycles. The summed E-state index contributed by atoms with van der Waals surface area (Å²) in [6.07, 6.45) is -4.07. The van der Waals surface area contributed by atoms with Crippen molar-refractivity contribution in [1.82, 2.24) is 4.90 Å². The molecule has 1 amide bonds. The molecular weight excluding hydrogens is 341 g/mol. The molecule has 9 heteroatoms. The summed E-state index contributed by atoms with van der Waals surface area (Å²) in [6, 6.07) is 1.64. The topological polar surface area (TPSA) is 62.2 Å². The molecule has 0 saturated carbocycles. The highest BCUT2D eigenvalue weighted by atomic mass is 19.3. The average molecular weight is 360 g/mol. The predicted molar refractivity (Wildman–Crippen MR) is 83.0 cm³/mol. The van der Waals surface area contributed by atoms with E-state index in [1.165, 1.54) is 18.1 Å². The summed E-state index contributed by atoms with van der Waals surface area (Å²) in [5, 5.41) is 9.22. The molecule has 138 valence electrons. The van der Waals surface area contributed by atoms with Crippen molar-refractivity contribution in [2.24, 2.45) is 0 Å². The van der Waals surface area contributed by atoms with Crippen LogP contribution in [-0.4, -0.2) is 61.6 Å². The maximum Gasteiger partial charge on any atom is 0.407 e. The van der Waals surface area contributed by atoms with Gasteiger partial charge in [0, 0.05) is 39.2 Å². The van der Waals surface area contributed by atoms with Crippen molar-refractivity contribution < 1.29 is 32.5 Å². The largest absolute Gasteiger partial charge is 0.485 e. The number of piperazine rings is 1. The average Bonchev–Trinajstić information content (AvgIpc) is 2.70. The fourth-order valence-electron chi connectivity index (χ4n) is 3.46. The Morgan fingerprint density at radius 1 is 1.44 bits per heavy atom. The second kappa shape index (κ2) is 6.99. The Morgan fingerprint density at radius 3 is 2.84 bits per heavy atom. The summed E-state index contributed by atoms with van der Waals surface area (Å²) < 4.78 is 51.5. The van der Waals surface area contributed by atoms with Crippen LogP contribution in [0.1, 0.15) is 18.4 Å². The fourth-order valence-corrected chi connectivity index (χ4v) is 3.46. The standard InChI is InChI=1S/C16H19F3N2O4/c1-24-8-11-6-10-7-20(16(22)23)2-3-21(10)13-5-9(17)4-12(15(18)19)14(13)25-11/h4-5,10-11,15H,2-3,6-8H2,1H3,(H,22,23). The SMILES string of the molecule is COCC1CC2CN(C(=O)O)CCN2c2cc(F)cc(C(F)F)c2O1. The van der Waals surface area contributed by atoms with Gasteiger partial charge in [-0.25, -0.2) is 18.0 Å². The molecular formula is C16H19F3N2O4. The Kier molecular flexibility index (Phi) is 4.94. The zero-order chi connectivity index (χ0) is 18.1. The van der Waals surface area contributed by atoms with Gasteiger partial charge in [-0.2, -0.15) is 0 Å². The van der Waals surface area contributed by atoms with E-state index in [-0.39, 0.29) is 43.7 Å². The molecule has 2 aliphatic heterocycles. The normalized spacial score (nSPS) is 22.9. The van der Waals surface area contributed by atoms with Gasteiger partial charge in [0.25, 0.3) is 6.43 Å². The van der Waals surface area contributed by atoms with E-state index in [9.17, 15) is 23.1 Å². The summed E-state index contributed by atoms with van der Waals surface area (Å²) in [7, 11) is 1.47. The number of anilines is 1. The second-order valence-corrected chi connectivity index (χ2v) is 6.15. The van der Waals surface area contributed by atoms with E-state index in [4.69, 9.17) is 9.47 Å². The van der Waals surface area contributed by atoms with Gasteiger partial charge in [-0.05, 0) is 6.07 Å². The quantitative estimate of drug-likeness (QED) is 0.898. The third-order valence-corrected chi connectivity index (χ3v) is 4.53. The van der Waals surface area contributed by atoms with Gasteiger partial charge in [0.2, 0.25) is 0 Å². The molecule has 1 N–H and O–H groups in total. The lowest BCUT2D eigenvalue weighted by Gasteiger charge is -2.41. The molecule has 1 fully saturated rings. The van der Waals surface area contributed by atoms with Crippen LogP contribution < -0.4 is 9.64 Å². The van der Waals surface area contributed by atoms with Crippen molar-refractivity contribution in [3.05, 3.63) is 23.5 Å². The third-order valence-electron chi connectivity index (χ3n) is 4.53. The first-order chi connectivity index (χ1) is 11.9. The number of benzene rings is 1. The number of methoxy groups -OCH3 is 1. The van der Waals surface area contributed by atoms with Crippen LogP contribution in [0.15, 0.2) is 12.1 Å². The third kappa shape index (κ3) is 3.46. The molecule has 0 spiro atoms. The predicted octanol–water partition coefficient (Wildman–Crippen LogP) is 2.73. The zero-order valence-corrected chi connectivity index (χ0v) is 13.6. The number of hydrogen-bond donors (Lipinski definition) is 1. The van der Waals surface area contributed by atoms with Crippen LogP contribution in [0.3, 0.4) is 0 Å². The minimum atomic E-state index is -2.88. The number of amides is 1. The Morgan fingerprint density at radius 2 is 2.20 bits per heavy atom. The lowest BCUT2D eigenvalue weighted by atomic mass is 10.0. The lowest BCUT2D eigenvalue weighted by molar-refractivity contribution is 0.0653. The molecule has 2 unspecified atom stereocenters. The first kappa shape index (κ1) is 17.7. The van der Waals surface area contributed by atoms with E-state index in [1.54, 1.807) is 4.90 Å². The van der Waals surface area contributed by atoms with Crippen molar-refractivity contribution in [3.8, 4) is 5.75 Å². The van der Waals surface area contributed by atoms with Crippen molar-refractivity contribution in [2.45, 2.75) is 25.0 Å². The van der Waals surface area contributed by atoms with Crippen LogP contribution in [0.2, 0.25) is 0 Å². The number of halogens is 3. The van der Waals surface area contributed by atoms with Crippen LogP contribution >= 0.6 is 0 Å². The second-order valence-electron chi connectivity index (χ2n) is 6.15. The Labute approximate surface area is 142 Å². The van der Waals surface area contributed by atoms with E-state index in [0.717, 1.165) is 6.07 Å². The summed E-state index contributed by atoms with van der Waals surface area (Å²) in [4.78, 5) is 14.3. The Hall–Kier alpha value is -2.16. The first-order valence-electron chi connectivity index (χ1n) is 7.92. The summed E-state index contributed by atoms with van der Waals surface area (Å²) in [5.41, 5.74) is -0.263. The highest BCUT2D eigenvalue weighted by Crippen LogP contribution is 2.43. The van der Waals surface area contributed by atoms with Gasteiger partial charge in [-0.3, -0.25) is 0 Å². The van der Waals surface area contributed by atoms with Crippen molar-refractivity contribution in [2.75, 3.05) is 38.3 Å². The minimum Gasteiger partial charge on any atom is -0.485 e. The Balaban J connectivity index is 2.04. The molecule has 6 nitrogen and oxygen atoms in total. The van der Waals surface area contributed by atoms with Gasteiger partial charge in [0.1, 0.15) is 11.9 Å². The number of fused-ring (bicyclic) bond motifs is 3. The number of carboxylic acid groups (broad SMARTS) is 1. The molecule has 1 aromatic rings.